The molecule has 26 heavy (non-hydrogen) atoms. The van der Waals surface area contributed by atoms with E-state index in [0.717, 1.165) is 22.2 Å². The minimum absolute atomic E-state index is 0.130. The Kier molecular flexibility index (Phi) is 4.97. The number of pyridine rings is 1. The van der Waals surface area contributed by atoms with Gasteiger partial charge in [0.2, 0.25) is 11.8 Å². The summed E-state index contributed by atoms with van der Waals surface area (Å²) in [4.78, 5) is 28.2. The average Bonchev–Trinajstić information content (AvgIpc) is 2.95. The average molecular weight is 351 g/mol. The number of carbonyl (C=O) groups excluding carboxylic acids is 2. The van der Waals surface area contributed by atoms with E-state index < -0.39 is 0 Å². The number of fused-ring (bicyclic) bond motifs is 1. The van der Waals surface area contributed by atoms with Gasteiger partial charge >= 0.3 is 0 Å². The summed E-state index contributed by atoms with van der Waals surface area (Å²) in [6.45, 7) is 5.33. The van der Waals surface area contributed by atoms with Gasteiger partial charge in [-0.05, 0) is 25.5 Å². The molecule has 2 aromatic heterocycles. The van der Waals surface area contributed by atoms with Gasteiger partial charge in [0.25, 0.3) is 0 Å². The first-order valence-electron chi connectivity index (χ1n) is 8.36. The molecule has 0 aliphatic carbocycles. The van der Waals surface area contributed by atoms with Crippen molar-refractivity contribution in [2.75, 3.05) is 5.32 Å². The van der Waals surface area contributed by atoms with Crippen LogP contribution >= 0.6 is 0 Å². The maximum Gasteiger partial charge on any atom is 0.226 e. The lowest BCUT2D eigenvalue weighted by Gasteiger charge is -2.18. The van der Waals surface area contributed by atoms with Gasteiger partial charge in [0, 0.05) is 18.0 Å². The lowest BCUT2D eigenvalue weighted by atomic mass is 10.0. The molecule has 0 radical (unpaired) electrons. The molecule has 3 N–H and O–H groups in total. The summed E-state index contributed by atoms with van der Waals surface area (Å²) in [5.74, 6) is -0.382. The molecule has 0 aliphatic rings. The van der Waals surface area contributed by atoms with E-state index in [1.807, 2.05) is 44.2 Å². The maximum atomic E-state index is 12.5. The molecule has 1 unspecified atom stereocenters. The molecule has 134 valence electrons. The number of benzene rings is 1. The Labute approximate surface area is 151 Å². The van der Waals surface area contributed by atoms with Crippen molar-refractivity contribution in [2.45, 2.75) is 33.2 Å². The SMILES string of the molecule is CC(=O)NC(CC(=O)Nc1cnc2n[nH]c(C)c2c1)c1ccc(C)cc1. The Morgan fingerprint density at radius 1 is 1.19 bits per heavy atom. The van der Waals surface area contributed by atoms with E-state index in [1.54, 1.807) is 6.20 Å². The van der Waals surface area contributed by atoms with Crippen molar-refractivity contribution in [1.29, 1.82) is 0 Å². The molecule has 0 bridgehead atoms. The van der Waals surface area contributed by atoms with Crippen LogP contribution in [0.5, 0.6) is 0 Å². The highest BCUT2D eigenvalue weighted by molar-refractivity contribution is 5.93. The molecule has 3 rings (SSSR count). The number of H-pyrrole nitrogens is 1. The standard InChI is InChI=1S/C19H21N5O2/c1-11-4-6-14(7-5-11)17(21-13(3)25)9-18(26)22-15-8-16-12(2)23-24-19(16)20-10-15/h4-8,10,17H,9H2,1-3H3,(H,21,25)(H,22,26)(H,20,23,24). The zero-order valence-electron chi connectivity index (χ0n) is 15.0. The first-order valence-corrected chi connectivity index (χ1v) is 8.36. The summed E-state index contributed by atoms with van der Waals surface area (Å²) in [6.07, 6.45) is 1.70. The molecule has 0 fully saturated rings. The number of nitrogens with zero attached hydrogens (tertiary/aromatic N) is 2. The highest BCUT2D eigenvalue weighted by Crippen LogP contribution is 2.21. The lowest BCUT2D eigenvalue weighted by Crippen LogP contribution is -2.29. The molecule has 3 aromatic rings. The van der Waals surface area contributed by atoms with E-state index in [-0.39, 0.29) is 24.3 Å². The van der Waals surface area contributed by atoms with E-state index in [2.05, 4.69) is 25.8 Å². The number of aryl methyl sites for hydroxylation is 2. The minimum atomic E-state index is -0.388. The van der Waals surface area contributed by atoms with Crippen molar-refractivity contribution in [3.05, 3.63) is 53.3 Å². The van der Waals surface area contributed by atoms with Gasteiger partial charge in [0.05, 0.1) is 24.3 Å². The Bertz CT molecular complexity index is 946. The van der Waals surface area contributed by atoms with Crippen molar-refractivity contribution < 1.29 is 9.59 Å². The molecule has 0 aliphatic heterocycles. The van der Waals surface area contributed by atoms with Crippen molar-refractivity contribution in [2.24, 2.45) is 0 Å². The molecular weight excluding hydrogens is 330 g/mol. The number of hydrogen-bond acceptors (Lipinski definition) is 4. The number of aromatic nitrogens is 3. The molecule has 0 saturated carbocycles. The summed E-state index contributed by atoms with van der Waals surface area (Å²) >= 11 is 0. The van der Waals surface area contributed by atoms with Crippen molar-refractivity contribution in [3.8, 4) is 0 Å². The fraction of sp³-hybridized carbons (Fsp3) is 0.263. The highest BCUT2D eigenvalue weighted by Gasteiger charge is 2.17. The summed E-state index contributed by atoms with van der Waals surface area (Å²) in [5.41, 5.74) is 4.10. The van der Waals surface area contributed by atoms with Gasteiger partial charge in [0.1, 0.15) is 0 Å². The van der Waals surface area contributed by atoms with Crippen LogP contribution in [0, 0.1) is 13.8 Å². The van der Waals surface area contributed by atoms with Crippen LogP contribution in [0.2, 0.25) is 0 Å². The summed E-state index contributed by atoms with van der Waals surface area (Å²) in [7, 11) is 0. The zero-order chi connectivity index (χ0) is 18.7. The monoisotopic (exact) mass is 351 g/mol. The van der Waals surface area contributed by atoms with Gasteiger partial charge in [-0.25, -0.2) is 4.98 Å². The number of hydrogen-bond donors (Lipinski definition) is 3. The van der Waals surface area contributed by atoms with Crippen LogP contribution in [-0.4, -0.2) is 27.0 Å². The zero-order valence-corrected chi connectivity index (χ0v) is 15.0. The van der Waals surface area contributed by atoms with Crippen LogP contribution in [0.25, 0.3) is 11.0 Å². The van der Waals surface area contributed by atoms with Crippen molar-refractivity contribution in [1.82, 2.24) is 20.5 Å². The molecular formula is C19H21N5O2. The van der Waals surface area contributed by atoms with Crippen LogP contribution in [-0.2, 0) is 9.59 Å². The van der Waals surface area contributed by atoms with E-state index in [4.69, 9.17) is 0 Å². The van der Waals surface area contributed by atoms with Gasteiger partial charge in [0.15, 0.2) is 5.65 Å². The fourth-order valence-corrected chi connectivity index (χ4v) is 2.78. The number of amides is 2. The predicted octanol–water partition coefficient (Wildman–Crippen LogP) is 2.78. The molecule has 7 nitrogen and oxygen atoms in total. The second kappa shape index (κ2) is 7.35. The van der Waals surface area contributed by atoms with Crippen LogP contribution in [0.4, 0.5) is 5.69 Å². The highest BCUT2D eigenvalue weighted by atomic mass is 16.2. The fourth-order valence-electron chi connectivity index (χ4n) is 2.78. The second-order valence-electron chi connectivity index (χ2n) is 6.36. The summed E-state index contributed by atoms with van der Waals surface area (Å²) in [5, 5.41) is 13.5. The van der Waals surface area contributed by atoms with Gasteiger partial charge in [-0.1, -0.05) is 29.8 Å². The lowest BCUT2D eigenvalue weighted by molar-refractivity contribution is -0.120. The largest absolute Gasteiger partial charge is 0.349 e. The summed E-state index contributed by atoms with van der Waals surface area (Å²) < 4.78 is 0. The van der Waals surface area contributed by atoms with Crippen LogP contribution < -0.4 is 10.6 Å². The third-order valence-electron chi connectivity index (χ3n) is 4.13. The van der Waals surface area contributed by atoms with Gasteiger partial charge in [-0.3, -0.25) is 14.7 Å². The third-order valence-corrected chi connectivity index (χ3v) is 4.13. The number of aromatic amines is 1. The molecule has 0 saturated heterocycles. The topological polar surface area (TPSA) is 99.8 Å². The number of anilines is 1. The quantitative estimate of drug-likeness (QED) is 0.658. The summed E-state index contributed by atoms with van der Waals surface area (Å²) in [6, 6.07) is 9.21. The maximum absolute atomic E-state index is 12.5. The van der Waals surface area contributed by atoms with E-state index in [1.165, 1.54) is 6.92 Å². The Morgan fingerprint density at radius 3 is 2.62 bits per heavy atom. The number of nitrogens with one attached hydrogen (secondary N) is 3. The molecule has 1 aromatic carbocycles. The molecule has 1 atom stereocenters. The molecule has 0 spiro atoms. The van der Waals surface area contributed by atoms with Crippen LogP contribution in [0.3, 0.4) is 0 Å². The van der Waals surface area contributed by atoms with Gasteiger partial charge in [-0.15, -0.1) is 0 Å². The first-order chi connectivity index (χ1) is 12.4. The van der Waals surface area contributed by atoms with E-state index >= 15 is 0 Å². The van der Waals surface area contributed by atoms with Crippen LogP contribution in [0.1, 0.15) is 36.2 Å². The van der Waals surface area contributed by atoms with Gasteiger partial charge < -0.3 is 10.6 Å². The van der Waals surface area contributed by atoms with Crippen LogP contribution in [0.15, 0.2) is 36.5 Å². The van der Waals surface area contributed by atoms with Crippen molar-refractivity contribution in [3.63, 3.8) is 0 Å². The normalized spacial score (nSPS) is 12.0. The second-order valence-corrected chi connectivity index (χ2v) is 6.36. The molecule has 2 amide bonds. The van der Waals surface area contributed by atoms with Gasteiger partial charge in [-0.2, -0.15) is 5.10 Å². The number of carbonyl (C=O) groups is 2. The predicted molar refractivity (Wildman–Crippen MR) is 99.6 cm³/mol. The number of rotatable bonds is 5. The first kappa shape index (κ1) is 17.6. The van der Waals surface area contributed by atoms with E-state index in [9.17, 15) is 9.59 Å². The molecule has 7 heteroatoms. The Morgan fingerprint density at radius 2 is 1.92 bits per heavy atom. The smallest absolute Gasteiger partial charge is 0.226 e. The molecule has 2 heterocycles. The third kappa shape index (κ3) is 4.05. The minimum Gasteiger partial charge on any atom is -0.349 e. The Hall–Kier alpha value is -3.22. The Balaban J connectivity index is 1.74. The van der Waals surface area contributed by atoms with E-state index in [0.29, 0.717) is 11.3 Å². The van der Waals surface area contributed by atoms with Crippen molar-refractivity contribution >= 4 is 28.5 Å².